The summed E-state index contributed by atoms with van der Waals surface area (Å²) in [4.78, 5) is 26.5. The van der Waals surface area contributed by atoms with Crippen molar-refractivity contribution >= 4 is 11.8 Å². The first-order chi connectivity index (χ1) is 11.6. The molecule has 2 amide bonds. The van der Waals surface area contributed by atoms with Gasteiger partial charge in [-0.2, -0.15) is 0 Å². The van der Waals surface area contributed by atoms with Gasteiger partial charge in [0.2, 0.25) is 11.8 Å². The Kier molecular flexibility index (Phi) is 4.65. The van der Waals surface area contributed by atoms with Crippen LogP contribution in [0.2, 0.25) is 0 Å². The maximum absolute atomic E-state index is 12.9. The molecule has 0 spiro atoms. The number of amides is 2. The van der Waals surface area contributed by atoms with Gasteiger partial charge in [0.05, 0.1) is 0 Å². The van der Waals surface area contributed by atoms with Crippen molar-refractivity contribution in [2.45, 2.75) is 32.9 Å². The lowest BCUT2D eigenvalue weighted by Gasteiger charge is -2.35. The molecule has 2 aromatic rings. The fourth-order valence-corrected chi connectivity index (χ4v) is 3.28. The molecule has 1 heterocycles. The van der Waals surface area contributed by atoms with Gasteiger partial charge in [-0.1, -0.05) is 48.5 Å². The van der Waals surface area contributed by atoms with Crippen LogP contribution in [-0.4, -0.2) is 23.3 Å². The second-order valence-corrected chi connectivity index (χ2v) is 6.21. The quantitative estimate of drug-likeness (QED) is 0.944. The molecule has 1 N–H and O–H groups in total. The van der Waals surface area contributed by atoms with Crippen LogP contribution in [-0.2, 0) is 22.6 Å². The van der Waals surface area contributed by atoms with Crippen LogP contribution in [0.1, 0.15) is 35.2 Å². The third kappa shape index (κ3) is 3.18. The van der Waals surface area contributed by atoms with Crippen LogP contribution >= 0.6 is 0 Å². The predicted octanol–water partition coefficient (Wildman–Crippen LogP) is 2.76. The molecule has 0 radical (unpaired) electrons. The van der Waals surface area contributed by atoms with Crippen LogP contribution in [0.5, 0.6) is 0 Å². The first-order valence-corrected chi connectivity index (χ1v) is 8.25. The summed E-state index contributed by atoms with van der Waals surface area (Å²) in [6.07, 6.45) is 0.789. The molecule has 124 valence electrons. The summed E-state index contributed by atoms with van der Waals surface area (Å²) >= 11 is 0. The minimum Gasteiger partial charge on any atom is -0.350 e. The van der Waals surface area contributed by atoms with Crippen molar-refractivity contribution in [2.75, 3.05) is 6.54 Å². The van der Waals surface area contributed by atoms with E-state index in [1.807, 2.05) is 55.5 Å². The smallest absolute Gasteiger partial charge is 0.247 e. The molecular formula is C20H22N2O2. The van der Waals surface area contributed by atoms with Crippen LogP contribution in [0, 0.1) is 6.92 Å². The highest BCUT2D eigenvalue weighted by Gasteiger charge is 2.34. The molecule has 1 aliphatic heterocycles. The van der Waals surface area contributed by atoms with E-state index < -0.39 is 6.04 Å². The summed E-state index contributed by atoms with van der Waals surface area (Å²) in [7, 11) is 0. The molecule has 0 fully saturated rings. The molecule has 3 rings (SSSR count). The molecule has 1 atom stereocenters. The van der Waals surface area contributed by atoms with Gasteiger partial charge in [0.1, 0.15) is 6.04 Å². The zero-order valence-corrected chi connectivity index (χ0v) is 14.1. The normalized spacial score (nSPS) is 16.4. The molecule has 24 heavy (non-hydrogen) atoms. The summed E-state index contributed by atoms with van der Waals surface area (Å²) in [5, 5.41) is 3.00. The maximum atomic E-state index is 12.9. The average Bonchev–Trinajstić information content (AvgIpc) is 2.59. The number of nitrogens with zero attached hydrogens (tertiary/aromatic N) is 1. The highest BCUT2D eigenvalue weighted by molar-refractivity contribution is 5.88. The van der Waals surface area contributed by atoms with Crippen LogP contribution in [0.15, 0.2) is 48.5 Å². The number of nitrogens with one attached hydrogen (secondary N) is 1. The molecule has 2 aromatic carbocycles. The molecule has 1 aliphatic rings. The summed E-state index contributed by atoms with van der Waals surface area (Å²) in [6, 6.07) is 15.3. The van der Waals surface area contributed by atoms with Crippen molar-refractivity contribution in [1.82, 2.24) is 10.2 Å². The van der Waals surface area contributed by atoms with E-state index in [0.717, 1.165) is 28.7 Å². The minimum atomic E-state index is -0.545. The van der Waals surface area contributed by atoms with Gasteiger partial charge in [-0.05, 0) is 35.6 Å². The van der Waals surface area contributed by atoms with Crippen molar-refractivity contribution in [3.63, 3.8) is 0 Å². The fourth-order valence-electron chi connectivity index (χ4n) is 3.28. The molecule has 0 bridgehead atoms. The Morgan fingerprint density at radius 2 is 1.83 bits per heavy atom. The molecule has 4 heteroatoms. The Balaban J connectivity index is 1.83. The van der Waals surface area contributed by atoms with E-state index in [2.05, 4.69) is 5.32 Å². The molecule has 0 saturated heterocycles. The molecule has 0 saturated carbocycles. The maximum Gasteiger partial charge on any atom is 0.247 e. The molecule has 0 aliphatic carbocycles. The Bertz CT molecular complexity index is 770. The van der Waals surface area contributed by atoms with E-state index in [4.69, 9.17) is 0 Å². The third-order valence-electron chi connectivity index (χ3n) is 4.65. The SMILES string of the molecule is CC(=O)N1CCc2ccccc2C1C(=O)NCc1ccccc1C. The van der Waals surface area contributed by atoms with E-state index in [9.17, 15) is 9.59 Å². The van der Waals surface area contributed by atoms with Gasteiger partial charge < -0.3 is 10.2 Å². The van der Waals surface area contributed by atoms with Gasteiger partial charge in [-0.15, -0.1) is 0 Å². The number of rotatable bonds is 3. The van der Waals surface area contributed by atoms with Crippen LogP contribution in [0.4, 0.5) is 0 Å². The van der Waals surface area contributed by atoms with E-state index in [-0.39, 0.29) is 11.8 Å². The van der Waals surface area contributed by atoms with Crippen molar-refractivity contribution in [2.24, 2.45) is 0 Å². The van der Waals surface area contributed by atoms with Gasteiger partial charge in [-0.25, -0.2) is 0 Å². The number of hydrogen-bond donors (Lipinski definition) is 1. The standard InChI is InChI=1S/C20H22N2O2/c1-14-7-3-4-9-17(14)13-21-20(24)19-18-10-6-5-8-16(18)11-12-22(19)15(2)23/h3-10,19H,11-13H2,1-2H3,(H,21,24). The summed E-state index contributed by atoms with van der Waals surface area (Å²) in [6.45, 7) is 4.60. The Labute approximate surface area is 142 Å². The minimum absolute atomic E-state index is 0.0689. The lowest BCUT2D eigenvalue weighted by molar-refractivity contribution is -0.139. The van der Waals surface area contributed by atoms with Crippen molar-refractivity contribution in [1.29, 1.82) is 0 Å². The highest BCUT2D eigenvalue weighted by atomic mass is 16.2. The number of carbonyl (C=O) groups is 2. The van der Waals surface area contributed by atoms with Gasteiger partial charge in [0.25, 0.3) is 0 Å². The fraction of sp³-hybridized carbons (Fsp3) is 0.300. The second-order valence-electron chi connectivity index (χ2n) is 6.21. The highest BCUT2D eigenvalue weighted by Crippen LogP contribution is 2.30. The predicted molar refractivity (Wildman–Crippen MR) is 93.3 cm³/mol. The largest absolute Gasteiger partial charge is 0.350 e. The summed E-state index contributed by atoms with van der Waals surface area (Å²) < 4.78 is 0. The lowest BCUT2D eigenvalue weighted by Crippen LogP contribution is -2.46. The Morgan fingerprint density at radius 3 is 2.58 bits per heavy atom. The monoisotopic (exact) mass is 322 g/mol. The number of aryl methyl sites for hydroxylation is 1. The zero-order valence-electron chi connectivity index (χ0n) is 14.1. The molecule has 1 unspecified atom stereocenters. The van der Waals surface area contributed by atoms with Gasteiger partial charge in [0.15, 0.2) is 0 Å². The van der Waals surface area contributed by atoms with Crippen molar-refractivity contribution < 1.29 is 9.59 Å². The van der Waals surface area contributed by atoms with Crippen LogP contribution < -0.4 is 5.32 Å². The molecule has 0 aromatic heterocycles. The summed E-state index contributed by atoms with van der Waals surface area (Å²) in [5.41, 5.74) is 4.31. The molecule has 4 nitrogen and oxygen atoms in total. The Morgan fingerprint density at radius 1 is 1.12 bits per heavy atom. The van der Waals surface area contributed by atoms with E-state index >= 15 is 0 Å². The third-order valence-corrected chi connectivity index (χ3v) is 4.65. The van der Waals surface area contributed by atoms with Gasteiger partial charge >= 0.3 is 0 Å². The summed E-state index contributed by atoms with van der Waals surface area (Å²) in [5.74, 6) is -0.193. The lowest BCUT2D eigenvalue weighted by atomic mass is 9.92. The number of carbonyl (C=O) groups excluding carboxylic acids is 2. The van der Waals surface area contributed by atoms with Crippen LogP contribution in [0.25, 0.3) is 0 Å². The first-order valence-electron chi connectivity index (χ1n) is 8.25. The van der Waals surface area contributed by atoms with E-state index in [1.54, 1.807) is 4.90 Å². The van der Waals surface area contributed by atoms with Crippen molar-refractivity contribution in [3.8, 4) is 0 Å². The first kappa shape index (κ1) is 16.2. The Hall–Kier alpha value is -2.62. The average molecular weight is 322 g/mol. The van der Waals surface area contributed by atoms with Crippen LogP contribution in [0.3, 0.4) is 0 Å². The van der Waals surface area contributed by atoms with Gasteiger partial charge in [0, 0.05) is 20.0 Å². The number of fused-ring (bicyclic) bond motifs is 1. The van der Waals surface area contributed by atoms with E-state index in [1.165, 1.54) is 6.92 Å². The second kappa shape index (κ2) is 6.87. The van der Waals surface area contributed by atoms with Gasteiger partial charge in [-0.3, -0.25) is 9.59 Å². The number of hydrogen-bond acceptors (Lipinski definition) is 2. The topological polar surface area (TPSA) is 49.4 Å². The number of benzene rings is 2. The van der Waals surface area contributed by atoms with Crippen molar-refractivity contribution in [3.05, 3.63) is 70.8 Å². The zero-order chi connectivity index (χ0) is 17.1. The molecular weight excluding hydrogens is 300 g/mol. The van der Waals surface area contributed by atoms with E-state index in [0.29, 0.717) is 13.1 Å².